The molecule has 0 saturated carbocycles. The highest BCUT2D eigenvalue weighted by atomic mass is 79.9. The Morgan fingerprint density at radius 2 is 2.00 bits per heavy atom. The number of fused-ring (bicyclic) bond motifs is 1. The Bertz CT molecular complexity index is 905. The summed E-state index contributed by atoms with van der Waals surface area (Å²) in [5.74, 6) is 1.02. The Labute approximate surface area is 158 Å². The number of carbonyl (C=O) groups excluding carboxylic acids is 1. The number of nitrogens with zero attached hydrogens (tertiary/aromatic N) is 2. The highest BCUT2D eigenvalue weighted by molar-refractivity contribution is 9.10. The summed E-state index contributed by atoms with van der Waals surface area (Å²) in [6, 6.07) is 12.9. The highest BCUT2D eigenvalue weighted by Crippen LogP contribution is 2.26. The third-order valence-corrected chi connectivity index (χ3v) is 4.04. The molecule has 6 nitrogen and oxygen atoms in total. The smallest absolute Gasteiger partial charge is 0.319 e. The summed E-state index contributed by atoms with van der Waals surface area (Å²) in [5, 5.41) is 9.50. The largest absolute Gasteiger partial charge is 0.340 e. The van der Waals surface area contributed by atoms with E-state index in [0.29, 0.717) is 23.9 Å². The summed E-state index contributed by atoms with van der Waals surface area (Å²) in [6.45, 7) is 0.403. The van der Waals surface area contributed by atoms with Gasteiger partial charge in [0.05, 0.1) is 5.52 Å². The van der Waals surface area contributed by atoms with Crippen molar-refractivity contribution in [2.45, 2.75) is 0 Å². The van der Waals surface area contributed by atoms with Crippen LogP contribution in [0.5, 0.6) is 0 Å². The van der Waals surface area contributed by atoms with Crippen molar-refractivity contribution in [2.24, 2.45) is 0 Å². The molecule has 0 fully saturated rings. The van der Waals surface area contributed by atoms with Crippen molar-refractivity contribution in [3.05, 3.63) is 53.3 Å². The number of aromatic nitrogens is 2. The maximum atomic E-state index is 11.8. The molecular formula is C17H15BrClN5O. The van der Waals surface area contributed by atoms with Gasteiger partial charge in [-0.15, -0.1) is 11.6 Å². The fourth-order valence-electron chi connectivity index (χ4n) is 2.27. The molecule has 0 radical (unpaired) electrons. The number of anilines is 3. The van der Waals surface area contributed by atoms with Crippen molar-refractivity contribution >= 4 is 61.7 Å². The summed E-state index contributed by atoms with van der Waals surface area (Å²) in [6.07, 6.45) is 1.50. The monoisotopic (exact) mass is 419 g/mol. The van der Waals surface area contributed by atoms with E-state index in [-0.39, 0.29) is 6.03 Å². The van der Waals surface area contributed by atoms with Crippen LogP contribution in [0, 0.1) is 0 Å². The molecule has 0 aliphatic heterocycles. The topological polar surface area (TPSA) is 78.9 Å². The summed E-state index contributed by atoms with van der Waals surface area (Å²) >= 11 is 9.01. The van der Waals surface area contributed by atoms with E-state index in [1.165, 1.54) is 6.33 Å². The van der Waals surface area contributed by atoms with Crippen LogP contribution in [0.4, 0.5) is 22.0 Å². The lowest BCUT2D eigenvalue weighted by atomic mass is 10.2. The highest BCUT2D eigenvalue weighted by Gasteiger charge is 2.07. The van der Waals surface area contributed by atoms with Gasteiger partial charge in [0.2, 0.25) is 0 Å². The molecule has 3 N–H and O–H groups in total. The normalized spacial score (nSPS) is 10.5. The predicted octanol–water partition coefficient (Wildman–Crippen LogP) is 4.50. The van der Waals surface area contributed by atoms with Crippen LogP contribution in [0.1, 0.15) is 0 Å². The standard InChI is InChI=1S/C17H15BrClN5O/c18-11-2-1-3-12(8-11)23-16-14-9-13(24-17(25)20-7-6-19)4-5-15(14)21-10-22-16/h1-5,8-10H,6-7H2,(H2,20,24,25)(H,21,22,23). The first-order valence-corrected chi connectivity index (χ1v) is 8.86. The van der Waals surface area contributed by atoms with Gasteiger partial charge < -0.3 is 16.0 Å². The molecule has 0 saturated heterocycles. The molecule has 128 valence electrons. The maximum absolute atomic E-state index is 11.8. The van der Waals surface area contributed by atoms with Gasteiger partial charge in [-0.05, 0) is 36.4 Å². The van der Waals surface area contributed by atoms with Gasteiger partial charge in [-0.2, -0.15) is 0 Å². The summed E-state index contributed by atoms with van der Waals surface area (Å²) in [4.78, 5) is 20.4. The summed E-state index contributed by atoms with van der Waals surface area (Å²) in [5.41, 5.74) is 2.32. The second-order valence-electron chi connectivity index (χ2n) is 5.16. The Morgan fingerprint density at radius 3 is 2.80 bits per heavy atom. The number of rotatable bonds is 5. The van der Waals surface area contributed by atoms with Gasteiger partial charge in [0.1, 0.15) is 12.1 Å². The van der Waals surface area contributed by atoms with E-state index in [2.05, 4.69) is 41.8 Å². The number of carbonyl (C=O) groups is 1. The lowest BCUT2D eigenvalue weighted by Gasteiger charge is -2.11. The van der Waals surface area contributed by atoms with Crippen molar-refractivity contribution in [3.8, 4) is 0 Å². The number of amides is 2. The molecule has 25 heavy (non-hydrogen) atoms. The molecule has 8 heteroatoms. The van der Waals surface area contributed by atoms with Gasteiger partial charge in [-0.3, -0.25) is 0 Å². The van der Waals surface area contributed by atoms with Gasteiger partial charge in [0.15, 0.2) is 0 Å². The number of hydrogen-bond acceptors (Lipinski definition) is 4. The number of halogens is 2. The van der Waals surface area contributed by atoms with E-state index in [1.807, 2.05) is 36.4 Å². The fourth-order valence-corrected chi connectivity index (χ4v) is 2.77. The van der Waals surface area contributed by atoms with Crippen LogP contribution in [0.25, 0.3) is 10.9 Å². The van der Waals surface area contributed by atoms with E-state index in [9.17, 15) is 4.79 Å². The van der Waals surface area contributed by atoms with Crippen LogP contribution in [0.3, 0.4) is 0 Å². The minimum absolute atomic E-state index is 0.307. The molecule has 0 atom stereocenters. The third-order valence-electron chi connectivity index (χ3n) is 3.36. The van der Waals surface area contributed by atoms with E-state index < -0.39 is 0 Å². The van der Waals surface area contributed by atoms with Crippen LogP contribution < -0.4 is 16.0 Å². The lowest BCUT2D eigenvalue weighted by molar-refractivity contribution is 0.252. The Kier molecular flexibility index (Phi) is 5.67. The first kappa shape index (κ1) is 17.4. The first-order chi connectivity index (χ1) is 12.2. The lowest BCUT2D eigenvalue weighted by Crippen LogP contribution is -2.30. The predicted molar refractivity (Wildman–Crippen MR) is 105 cm³/mol. The maximum Gasteiger partial charge on any atom is 0.319 e. The number of benzene rings is 2. The SMILES string of the molecule is O=C(NCCCl)Nc1ccc2ncnc(Nc3cccc(Br)c3)c2c1. The minimum atomic E-state index is -0.307. The van der Waals surface area contributed by atoms with E-state index in [0.717, 1.165) is 21.1 Å². The van der Waals surface area contributed by atoms with Gasteiger partial charge in [0.25, 0.3) is 0 Å². The molecule has 0 aliphatic carbocycles. The van der Waals surface area contributed by atoms with E-state index >= 15 is 0 Å². The molecule has 0 aliphatic rings. The average Bonchev–Trinajstić information content (AvgIpc) is 2.60. The third kappa shape index (κ3) is 4.58. The molecular weight excluding hydrogens is 406 g/mol. The Morgan fingerprint density at radius 1 is 1.12 bits per heavy atom. The number of hydrogen-bond donors (Lipinski definition) is 3. The molecule has 0 spiro atoms. The second kappa shape index (κ2) is 8.13. The minimum Gasteiger partial charge on any atom is -0.340 e. The molecule has 1 aromatic heterocycles. The fraction of sp³-hybridized carbons (Fsp3) is 0.118. The zero-order valence-electron chi connectivity index (χ0n) is 13.1. The summed E-state index contributed by atoms with van der Waals surface area (Å²) < 4.78 is 0.967. The average molecular weight is 421 g/mol. The van der Waals surface area contributed by atoms with Gasteiger partial charge in [-0.25, -0.2) is 14.8 Å². The first-order valence-electron chi connectivity index (χ1n) is 7.54. The second-order valence-corrected chi connectivity index (χ2v) is 6.45. The molecule has 2 amide bonds. The quantitative estimate of drug-likeness (QED) is 0.531. The van der Waals surface area contributed by atoms with Crippen LogP contribution >= 0.6 is 27.5 Å². The van der Waals surface area contributed by atoms with Gasteiger partial charge in [-0.1, -0.05) is 22.0 Å². The van der Waals surface area contributed by atoms with Gasteiger partial charge >= 0.3 is 6.03 Å². The number of nitrogens with one attached hydrogen (secondary N) is 3. The summed E-state index contributed by atoms with van der Waals surface area (Å²) in [7, 11) is 0. The van der Waals surface area contributed by atoms with Crippen LogP contribution in [0.2, 0.25) is 0 Å². The van der Waals surface area contributed by atoms with Crippen molar-refractivity contribution < 1.29 is 4.79 Å². The molecule has 0 bridgehead atoms. The van der Waals surface area contributed by atoms with Crippen molar-refractivity contribution in [1.29, 1.82) is 0 Å². The zero-order chi connectivity index (χ0) is 17.6. The van der Waals surface area contributed by atoms with E-state index in [1.54, 1.807) is 6.07 Å². The Balaban J connectivity index is 1.88. The van der Waals surface area contributed by atoms with Crippen molar-refractivity contribution in [3.63, 3.8) is 0 Å². The van der Waals surface area contributed by atoms with Crippen LogP contribution in [-0.2, 0) is 0 Å². The molecule has 2 aromatic carbocycles. The van der Waals surface area contributed by atoms with Crippen molar-refractivity contribution in [1.82, 2.24) is 15.3 Å². The Hall–Kier alpha value is -2.38. The molecule has 1 heterocycles. The van der Waals surface area contributed by atoms with E-state index in [4.69, 9.17) is 11.6 Å². The number of alkyl halides is 1. The van der Waals surface area contributed by atoms with Crippen LogP contribution in [-0.4, -0.2) is 28.4 Å². The number of urea groups is 1. The molecule has 3 rings (SSSR count). The molecule has 0 unspecified atom stereocenters. The van der Waals surface area contributed by atoms with Crippen molar-refractivity contribution in [2.75, 3.05) is 23.1 Å². The zero-order valence-corrected chi connectivity index (χ0v) is 15.4. The van der Waals surface area contributed by atoms with Crippen LogP contribution in [0.15, 0.2) is 53.3 Å². The molecule has 3 aromatic rings. The van der Waals surface area contributed by atoms with Gasteiger partial charge in [0, 0.05) is 33.7 Å².